The van der Waals surface area contributed by atoms with Crippen LogP contribution in [0.1, 0.15) is 24.3 Å². The fourth-order valence-electron chi connectivity index (χ4n) is 1.72. The molecule has 1 aliphatic rings. The molecule has 5 heteroatoms. The van der Waals surface area contributed by atoms with Crippen LogP contribution in [0.15, 0.2) is 22.6 Å². The summed E-state index contributed by atoms with van der Waals surface area (Å²) in [5.74, 6) is 1.13. The first-order valence-corrected chi connectivity index (χ1v) is 5.88. The van der Waals surface area contributed by atoms with Gasteiger partial charge in [0.15, 0.2) is 0 Å². The number of nitrogens with zero attached hydrogens (tertiary/aromatic N) is 1. The fourth-order valence-corrected chi connectivity index (χ4v) is 2.11. The molecule has 0 amide bonds. The van der Waals surface area contributed by atoms with E-state index in [2.05, 4.69) is 16.3 Å². The van der Waals surface area contributed by atoms with E-state index in [0.717, 1.165) is 5.56 Å². The number of aromatic amines is 1. The van der Waals surface area contributed by atoms with Crippen LogP contribution in [0.2, 0.25) is 5.02 Å². The van der Waals surface area contributed by atoms with Crippen LogP contribution < -0.4 is 0 Å². The van der Waals surface area contributed by atoms with Crippen molar-refractivity contribution in [3.63, 3.8) is 0 Å². The van der Waals surface area contributed by atoms with E-state index in [1.807, 2.05) is 12.1 Å². The van der Waals surface area contributed by atoms with Gasteiger partial charge in [-0.05, 0) is 48.7 Å². The predicted molar refractivity (Wildman–Crippen MR) is 64.1 cm³/mol. The smallest absolute Gasteiger partial charge is 0.284 e. The Morgan fingerprint density at radius 3 is 2.81 bits per heavy atom. The third-order valence-electron chi connectivity index (χ3n) is 2.71. The Hall–Kier alpha value is -1.13. The van der Waals surface area contributed by atoms with Gasteiger partial charge in [-0.1, -0.05) is 17.7 Å². The zero-order chi connectivity index (χ0) is 11.1. The Morgan fingerprint density at radius 1 is 1.44 bits per heavy atom. The van der Waals surface area contributed by atoms with E-state index in [1.165, 1.54) is 18.4 Å². The second-order valence-corrected chi connectivity index (χ2v) is 4.71. The van der Waals surface area contributed by atoms with Gasteiger partial charge < -0.3 is 4.42 Å². The lowest BCUT2D eigenvalue weighted by molar-refractivity contribution is 0.552. The molecule has 0 radical (unpaired) electrons. The number of nitrogens with one attached hydrogen (secondary N) is 1. The Morgan fingerprint density at radius 2 is 2.25 bits per heavy atom. The van der Waals surface area contributed by atoms with Gasteiger partial charge in [0.25, 0.3) is 4.84 Å². The molecule has 1 N–H and O–H groups in total. The van der Waals surface area contributed by atoms with Crippen LogP contribution >= 0.6 is 23.8 Å². The highest BCUT2D eigenvalue weighted by atomic mass is 35.5. The maximum Gasteiger partial charge on any atom is 0.284 e. The van der Waals surface area contributed by atoms with E-state index in [-0.39, 0.29) is 4.84 Å². The first-order valence-electron chi connectivity index (χ1n) is 5.09. The lowest BCUT2D eigenvalue weighted by Crippen LogP contribution is -1.84. The van der Waals surface area contributed by atoms with Gasteiger partial charge in [0.1, 0.15) is 0 Å². The Balaban J connectivity index is 2.04. The molecule has 0 aliphatic heterocycles. The van der Waals surface area contributed by atoms with Crippen molar-refractivity contribution in [3.8, 4) is 11.5 Å². The van der Waals surface area contributed by atoms with Gasteiger partial charge >= 0.3 is 0 Å². The first-order chi connectivity index (χ1) is 7.74. The second kappa shape index (κ2) is 3.71. The van der Waals surface area contributed by atoms with Crippen molar-refractivity contribution in [2.24, 2.45) is 0 Å². The third-order valence-corrected chi connectivity index (χ3v) is 3.20. The summed E-state index contributed by atoms with van der Waals surface area (Å²) in [6.07, 6.45) is 2.53. The lowest BCUT2D eigenvalue weighted by atomic mass is 10.1. The van der Waals surface area contributed by atoms with E-state index in [1.54, 1.807) is 0 Å². The summed E-state index contributed by atoms with van der Waals surface area (Å²) in [6.45, 7) is 0. The summed E-state index contributed by atoms with van der Waals surface area (Å²) in [5.41, 5.74) is 2.07. The number of benzene rings is 1. The van der Waals surface area contributed by atoms with Crippen molar-refractivity contribution < 1.29 is 4.42 Å². The van der Waals surface area contributed by atoms with Gasteiger partial charge in [0, 0.05) is 0 Å². The third kappa shape index (κ3) is 1.79. The van der Waals surface area contributed by atoms with E-state index >= 15 is 0 Å². The quantitative estimate of drug-likeness (QED) is 0.824. The highest BCUT2D eigenvalue weighted by molar-refractivity contribution is 7.71. The van der Waals surface area contributed by atoms with Crippen LogP contribution in [0.5, 0.6) is 0 Å². The highest BCUT2D eigenvalue weighted by Crippen LogP contribution is 2.42. The molecule has 2 aromatic rings. The molecule has 1 aromatic carbocycles. The zero-order valence-electron chi connectivity index (χ0n) is 8.37. The topological polar surface area (TPSA) is 41.8 Å². The summed E-state index contributed by atoms with van der Waals surface area (Å²) in [7, 11) is 0. The molecule has 0 spiro atoms. The Labute approximate surface area is 102 Å². The van der Waals surface area contributed by atoms with Crippen LogP contribution in [0.25, 0.3) is 11.5 Å². The molecule has 1 heterocycles. The molecule has 3 nitrogen and oxygen atoms in total. The number of H-pyrrole nitrogens is 1. The van der Waals surface area contributed by atoms with Crippen molar-refractivity contribution in [2.45, 2.75) is 18.8 Å². The van der Waals surface area contributed by atoms with Crippen molar-refractivity contribution in [3.05, 3.63) is 33.6 Å². The molecule has 82 valence electrons. The molecule has 1 saturated carbocycles. The molecule has 0 atom stereocenters. The molecule has 3 rings (SSSR count). The highest BCUT2D eigenvalue weighted by Gasteiger charge is 2.24. The first kappa shape index (κ1) is 10.1. The summed E-state index contributed by atoms with van der Waals surface area (Å²) in [4.78, 5) is 0.261. The molecular formula is C11H9ClN2OS. The van der Waals surface area contributed by atoms with Crippen LogP contribution in [0, 0.1) is 4.84 Å². The molecular weight excluding hydrogens is 244 g/mol. The minimum atomic E-state index is 0.261. The molecule has 16 heavy (non-hydrogen) atoms. The second-order valence-electron chi connectivity index (χ2n) is 3.93. The normalized spacial score (nSPS) is 15.3. The Kier molecular flexibility index (Phi) is 2.33. The van der Waals surface area contributed by atoms with Gasteiger partial charge in [-0.25, -0.2) is 5.10 Å². The van der Waals surface area contributed by atoms with Crippen LogP contribution in [0.4, 0.5) is 0 Å². The van der Waals surface area contributed by atoms with Crippen molar-refractivity contribution >= 4 is 23.8 Å². The van der Waals surface area contributed by atoms with Gasteiger partial charge in [0.05, 0.1) is 10.6 Å². The van der Waals surface area contributed by atoms with E-state index < -0.39 is 0 Å². The lowest BCUT2D eigenvalue weighted by Gasteiger charge is -2.02. The summed E-state index contributed by atoms with van der Waals surface area (Å²) in [5, 5.41) is 7.20. The van der Waals surface area contributed by atoms with E-state index in [4.69, 9.17) is 28.2 Å². The average Bonchev–Trinajstić information content (AvgIpc) is 3.02. The summed E-state index contributed by atoms with van der Waals surface area (Å²) < 4.78 is 5.23. The molecule has 1 aromatic heterocycles. The minimum absolute atomic E-state index is 0.261. The monoisotopic (exact) mass is 252 g/mol. The van der Waals surface area contributed by atoms with E-state index in [0.29, 0.717) is 16.8 Å². The molecule has 0 bridgehead atoms. The van der Waals surface area contributed by atoms with E-state index in [9.17, 15) is 0 Å². The van der Waals surface area contributed by atoms with Crippen LogP contribution in [-0.4, -0.2) is 10.2 Å². The van der Waals surface area contributed by atoms with Crippen molar-refractivity contribution in [2.75, 3.05) is 0 Å². The van der Waals surface area contributed by atoms with Crippen LogP contribution in [0.3, 0.4) is 0 Å². The maximum atomic E-state index is 6.20. The van der Waals surface area contributed by atoms with Gasteiger partial charge in [-0.15, -0.1) is 5.10 Å². The van der Waals surface area contributed by atoms with Crippen molar-refractivity contribution in [1.82, 2.24) is 10.2 Å². The molecule has 0 unspecified atom stereocenters. The Bertz CT molecular complexity index is 586. The maximum absolute atomic E-state index is 6.20. The molecule has 0 saturated heterocycles. The van der Waals surface area contributed by atoms with Gasteiger partial charge in [-0.3, -0.25) is 0 Å². The fraction of sp³-hybridized carbons (Fsp3) is 0.273. The van der Waals surface area contributed by atoms with Crippen molar-refractivity contribution in [1.29, 1.82) is 0 Å². The standard InChI is InChI=1S/C11H9ClN2OS/c12-9-5-7(6-1-2-6)3-4-8(9)10-13-14-11(16)15-10/h3-6H,1-2H2,(H,14,16). The number of hydrogen-bond acceptors (Lipinski definition) is 3. The predicted octanol–water partition coefficient (Wildman–Crippen LogP) is 3.93. The molecule has 1 aliphatic carbocycles. The van der Waals surface area contributed by atoms with Crippen LogP contribution in [-0.2, 0) is 0 Å². The van der Waals surface area contributed by atoms with Gasteiger partial charge in [0.2, 0.25) is 5.89 Å². The minimum Gasteiger partial charge on any atom is -0.409 e. The molecule has 1 fully saturated rings. The number of rotatable bonds is 2. The zero-order valence-corrected chi connectivity index (χ0v) is 9.94. The number of halogens is 1. The summed E-state index contributed by atoms with van der Waals surface area (Å²) >= 11 is 11.0. The number of aromatic nitrogens is 2. The van der Waals surface area contributed by atoms with Gasteiger partial charge in [-0.2, -0.15) is 0 Å². The average molecular weight is 253 g/mol. The number of hydrogen-bond donors (Lipinski definition) is 1. The summed E-state index contributed by atoms with van der Waals surface area (Å²) in [6, 6.07) is 6.00. The largest absolute Gasteiger partial charge is 0.409 e. The SMILES string of the molecule is S=c1[nH]nc(-c2ccc(C3CC3)cc2Cl)o1.